The van der Waals surface area contributed by atoms with Crippen LogP contribution >= 0.6 is 0 Å². The number of hydrogen-bond donors (Lipinski definition) is 0. The Morgan fingerprint density at radius 2 is 1.86 bits per heavy atom. The molecule has 156 valence electrons. The van der Waals surface area contributed by atoms with Crippen molar-refractivity contribution in [2.75, 3.05) is 6.61 Å². The van der Waals surface area contributed by atoms with Gasteiger partial charge in [-0.2, -0.15) is 0 Å². The second-order valence-electron chi connectivity index (χ2n) is 9.26. The van der Waals surface area contributed by atoms with Gasteiger partial charge in [0, 0.05) is 11.5 Å². The van der Waals surface area contributed by atoms with Crippen LogP contribution in [0.3, 0.4) is 0 Å². The van der Waals surface area contributed by atoms with Gasteiger partial charge in [-0.05, 0) is 85.8 Å². The number of hydrogen-bond acceptors (Lipinski definition) is 1. The van der Waals surface area contributed by atoms with E-state index in [0.717, 1.165) is 28.5 Å². The Hall–Kier alpha value is -1.83. The van der Waals surface area contributed by atoms with Gasteiger partial charge in [-0.3, -0.25) is 0 Å². The minimum Gasteiger partial charge on any atom is -0.489 e. The molecule has 4 rings (SSSR count). The molecule has 0 aromatic heterocycles. The number of ether oxygens (including phenoxy) is 1. The molecule has 0 amide bonds. The molecule has 2 aromatic carbocycles. The van der Waals surface area contributed by atoms with Crippen molar-refractivity contribution >= 4 is 10.8 Å². The number of allylic oxidation sites excluding steroid dienone is 1. The predicted molar refractivity (Wildman–Crippen MR) is 120 cm³/mol. The van der Waals surface area contributed by atoms with Crippen LogP contribution in [0.5, 0.6) is 5.75 Å². The summed E-state index contributed by atoms with van der Waals surface area (Å²) in [6.45, 7) is 4.75. The lowest BCUT2D eigenvalue weighted by atomic mass is 9.63. The van der Waals surface area contributed by atoms with E-state index in [1.165, 1.54) is 63.0 Å². The summed E-state index contributed by atoms with van der Waals surface area (Å²) in [7, 11) is 0. The second-order valence-corrected chi connectivity index (χ2v) is 9.26. The molecule has 0 spiro atoms. The van der Waals surface area contributed by atoms with Gasteiger partial charge < -0.3 is 4.74 Å². The normalized spacial score (nSPS) is 27.3. The summed E-state index contributed by atoms with van der Waals surface area (Å²) < 4.78 is 20.4. The summed E-state index contributed by atoms with van der Waals surface area (Å²) in [5.41, 5.74) is 1.33. The van der Waals surface area contributed by atoms with Crippen LogP contribution in [0.15, 0.2) is 42.5 Å². The van der Waals surface area contributed by atoms with Crippen molar-refractivity contribution in [3.05, 3.63) is 53.9 Å². The zero-order valence-corrected chi connectivity index (χ0v) is 18.0. The van der Waals surface area contributed by atoms with Gasteiger partial charge in [0.25, 0.3) is 0 Å². The Kier molecular flexibility index (Phi) is 6.57. The van der Waals surface area contributed by atoms with E-state index in [1.54, 1.807) is 0 Å². The highest BCUT2D eigenvalue weighted by Gasteiger charge is 2.35. The summed E-state index contributed by atoms with van der Waals surface area (Å²) >= 11 is 0. The van der Waals surface area contributed by atoms with Crippen molar-refractivity contribution in [2.24, 2.45) is 17.8 Å². The van der Waals surface area contributed by atoms with Crippen molar-refractivity contribution in [1.29, 1.82) is 0 Å². The Balaban J connectivity index is 1.47. The van der Waals surface area contributed by atoms with Crippen molar-refractivity contribution in [2.45, 2.75) is 71.1 Å². The van der Waals surface area contributed by atoms with Gasteiger partial charge in [0.05, 0.1) is 0 Å². The first kappa shape index (κ1) is 20.4. The topological polar surface area (TPSA) is 9.23 Å². The number of benzene rings is 2. The molecule has 1 nitrogen and oxygen atoms in total. The molecule has 0 saturated heterocycles. The Bertz CT molecular complexity index is 855. The maximum Gasteiger partial charge on any atom is 0.134 e. The van der Waals surface area contributed by atoms with E-state index in [-0.39, 0.29) is 5.82 Å². The zero-order chi connectivity index (χ0) is 20.2. The van der Waals surface area contributed by atoms with Crippen LogP contribution in [0.4, 0.5) is 4.39 Å². The molecule has 2 aliphatic carbocycles. The number of rotatable bonds is 6. The van der Waals surface area contributed by atoms with Gasteiger partial charge in [0.1, 0.15) is 18.2 Å². The first-order chi connectivity index (χ1) is 14.2. The lowest BCUT2D eigenvalue weighted by molar-refractivity contribution is 0.114. The highest BCUT2D eigenvalue weighted by molar-refractivity contribution is 5.85. The second kappa shape index (κ2) is 9.32. The predicted octanol–water partition coefficient (Wildman–Crippen LogP) is 8.03. The largest absolute Gasteiger partial charge is 0.489 e. The monoisotopic (exact) mass is 394 g/mol. The Labute approximate surface area is 175 Å². The van der Waals surface area contributed by atoms with E-state index < -0.39 is 0 Å². The average Bonchev–Trinajstić information content (AvgIpc) is 2.74. The molecule has 0 radical (unpaired) electrons. The van der Waals surface area contributed by atoms with Gasteiger partial charge in [0.15, 0.2) is 0 Å². The summed E-state index contributed by atoms with van der Waals surface area (Å²) in [4.78, 5) is 0. The number of halogens is 1. The quantitative estimate of drug-likeness (QED) is 0.450. The summed E-state index contributed by atoms with van der Waals surface area (Å²) in [6, 6.07) is 9.90. The first-order valence-corrected chi connectivity index (χ1v) is 11.6. The molecule has 2 aliphatic rings. The van der Waals surface area contributed by atoms with Gasteiger partial charge in [-0.25, -0.2) is 4.39 Å². The highest BCUT2D eigenvalue weighted by Crippen LogP contribution is 2.48. The molecule has 29 heavy (non-hydrogen) atoms. The molecular weight excluding hydrogens is 359 g/mol. The van der Waals surface area contributed by atoms with Crippen LogP contribution in [0, 0.1) is 23.6 Å². The molecule has 0 aliphatic heterocycles. The van der Waals surface area contributed by atoms with E-state index in [0.29, 0.717) is 18.3 Å². The number of fused-ring (bicyclic) bond motifs is 2. The van der Waals surface area contributed by atoms with Gasteiger partial charge in [-0.1, -0.05) is 50.5 Å². The van der Waals surface area contributed by atoms with E-state index in [1.807, 2.05) is 25.1 Å². The van der Waals surface area contributed by atoms with E-state index >= 15 is 0 Å². The fourth-order valence-electron chi connectivity index (χ4n) is 5.84. The fourth-order valence-corrected chi connectivity index (χ4v) is 5.84. The summed E-state index contributed by atoms with van der Waals surface area (Å²) in [5, 5.41) is 1.66. The van der Waals surface area contributed by atoms with E-state index in [4.69, 9.17) is 4.74 Å². The van der Waals surface area contributed by atoms with Gasteiger partial charge in [-0.15, -0.1) is 0 Å². The molecule has 2 saturated carbocycles. The first-order valence-electron chi connectivity index (χ1n) is 11.6. The average molecular weight is 395 g/mol. The third-order valence-electron chi connectivity index (χ3n) is 7.37. The maximum atomic E-state index is 14.8. The van der Waals surface area contributed by atoms with Crippen LogP contribution in [-0.2, 0) is 0 Å². The van der Waals surface area contributed by atoms with E-state index in [9.17, 15) is 4.39 Å². The Morgan fingerprint density at radius 1 is 1.03 bits per heavy atom. The fraction of sp³-hybridized carbons (Fsp3) is 0.556. The highest BCUT2D eigenvalue weighted by atomic mass is 19.1. The molecule has 2 aromatic rings. The third kappa shape index (κ3) is 4.68. The zero-order valence-electron chi connectivity index (χ0n) is 18.0. The summed E-state index contributed by atoms with van der Waals surface area (Å²) in [6.07, 6.45) is 14.8. The van der Waals surface area contributed by atoms with Crippen LogP contribution in [0.2, 0.25) is 0 Å². The van der Waals surface area contributed by atoms with Crippen LogP contribution in [0.25, 0.3) is 10.8 Å². The molecular formula is C27H35FO. The van der Waals surface area contributed by atoms with Gasteiger partial charge in [0.2, 0.25) is 0 Å². The molecule has 0 N–H and O–H groups in total. The smallest absolute Gasteiger partial charge is 0.134 e. The maximum absolute atomic E-state index is 14.8. The lowest BCUT2D eigenvalue weighted by Crippen LogP contribution is -2.30. The van der Waals surface area contributed by atoms with Crippen molar-refractivity contribution in [1.82, 2.24) is 0 Å². The van der Waals surface area contributed by atoms with Crippen LogP contribution in [-0.4, -0.2) is 6.61 Å². The molecule has 2 fully saturated rings. The SMILES string of the molecule is C/C=C/COc1cc(F)c2cc([C@@H]3CC[C@@H]4CC(CCC)CCC4C3)ccc2c1. The standard InChI is InChI=1S/C27H35FO/c1-3-5-13-29-25-16-24-12-11-23(17-26(24)27(28)18-25)22-10-9-20-14-19(6-4-2)7-8-21(20)15-22/h3,5,11-12,16-22H,4,6-10,13-15H2,1-2H3/b5-3+/t19?,20-,21?,22-/m1/s1. The van der Waals surface area contributed by atoms with Crippen molar-refractivity contribution < 1.29 is 9.13 Å². The van der Waals surface area contributed by atoms with Crippen molar-refractivity contribution in [3.8, 4) is 5.75 Å². The molecule has 0 bridgehead atoms. The third-order valence-corrected chi connectivity index (χ3v) is 7.37. The van der Waals surface area contributed by atoms with Gasteiger partial charge >= 0.3 is 0 Å². The molecule has 0 heterocycles. The summed E-state index contributed by atoms with van der Waals surface area (Å²) in [5.74, 6) is 3.80. The minimum atomic E-state index is -0.173. The molecule has 2 heteroatoms. The minimum absolute atomic E-state index is 0.173. The van der Waals surface area contributed by atoms with E-state index in [2.05, 4.69) is 25.1 Å². The van der Waals surface area contributed by atoms with Crippen LogP contribution < -0.4 is 4.74 Å². The molecule has 4 atom stereocenters. The Morgan fingerprint density at radius 3 is 2.69 bits per heavy atom. The molecule has 2 unspecified atom stereocenters. The van der Waals surface area contributed by atoms with Crippen molar-refractivity contribution in [3.63, 3.8) is 0 Å². The van der Waals surface area contributed by atoms with Crippen LogP contribution in [0.1, 0.15) is 76.7 Å². The lowest BCUT2D eigenvalue weighted by Gasteiger charge is -2.42.